The Morgan fingerprint density at radius 1 is 0.606 bits per heavy atom. The molecule has 0 aliphatic heterocycles. The molecule has 0 saturated carbocycles. The fraction of sp³-hybridized carbons (Fsp3) is 0.520. The Bertz CT molecular complexity index is 885. The summed E-state index contributed by atoms with van der Waals surface area (Å²) in [6.07, 6.45) is -0.588. The second-order valence-corrected chi connectivity index (χ2v) is 12.0. The highest BCUT2D eigenvalue weighted by Crippen LogP contribution is 2.44. The first-order valence-electron chi connectivity index (χ1n) is 10.8. The maximum Gasteiger partial charge on any atom is 0.156 e. The van der Waals surface area contributed by atoms with Gasteiger partial charge in [0.2, 0.25) is 0 Å². The van der Waals surface area contributed by atoms with Crippen molar-refractivity contribution in [3.63, 3.8) is 0 Å². The average Bonchev–Trinajstić information content (AvgIpc) is 2.65. The van der Waals surface area contributed by atoms with E-state index >= 15 is 0 Å². The topological polar surface area (TPSA) is 70.5 Å². The smallest absolute Gasteiger partial charge is 0.156 e. The van der Waals surface area contributed by atoms with Crippen LogP contribution in [-0.2, 0) is 5.41 Å². The highest BCUT2D eigenvalue weighted by Gasteiger charge is 2.30. The molecule has 184 valence electrons. The molecule has 0 bridgehead atoms. The van der Waals surface area contributed by atoms with Gasteiger partial charge in [0, 0.05) is 16.5 Å². The Balaban J connectivity index is 2.44. The third-order valence-corrected chi connectivity index (χ3v) is 7.25. The number of ether oxygens (including phenoxy) is 2. The maximum atomic E-state index is 6.58. The molecular weight excluding hydrogens is 502 g/mol. The summed E-state index contributed by atoms with van der Waals surface area (Å²) in [6, 6.07) is 7.35. The average molecular weight is 536 g/mol. The van der Waals surface area contributed by atoms with E-state index in [4.69, 9.17) is 67.3 Å². The summed E-state index contributed by atoms with van der Waals surface area (Å²) in [5, 5.41) is 1.60. The van der Waals surface area contributed by atoms with Crippen molar-refractivity contribution in [1.82, 2.24) is 0 Å². The summed E-state index contributed by atoms with van der Waals surface area (Å²) >= 11 is 26.3. The predicted molar refractivity (Wildman–Crippen MR) is 142 cm³/mol. The molecule has 0 saturated heterocycles. The van der Waals surface area contributed by atoms with Crippen molar-refractivity contribution < 1.29 is 9.47 Å². The molecule has 8 heteroatoms. The second-order valence-electron chi connectivity index (χ2n) is 10.3. The SMILES string of the molecule is CC(Oc1c(Cl)cc(C(C)(C)c2cc(Cl)c(OC(C)C(C)(C)N)c(Cl)c2)cc1Cl)C(C)(C)N. The van der Waals surface area contributed by atoms with Gasteiger partial charge in [-0.3, -0.25) is 0 Å². The van der Waals surface area contributed by atoms with Gasteiger partial charge < -0.3 is 20.9 Å². The monoisotopic (exact) mass is 534 g/mol. The molecular formula is C25H34Cl4N2O2. The molecule has 2 rings (SSSR count). The van der Waals surface area contributed by atoms with Crippen LogP contribution in [0, 0.1) is 0 Å². The normalized spacial score (nSPS) is 14.7. The van der Waals surface area contributed by atoms with E-state index in [1.165, 1.54) is 0 Å². The summed E-state index contributed by atoms with van der Waals surface area (Å²) in [5.41, 5.74) is 12.4. The molecule has 33 heavy (non-hydrogen) atoms. The van der Waals surface area contributed by atoms with Crippen LogP contribution in [-0.4, -0.2) is 23.3 Å². The Kier molecular flexibility index (Phi) is 8.60. The van der Waals surface area contributed by atoms with Crippen molar-refractivity contribution in [2.45, 2.75) is 84.1 Å². The minimum absolute atomic E-state index is 0.294. The molecule has 0 aromatic heterocycles. The van der Waals surface area contributed by atoms with E-state index in [2.05, 4.69) is 0 Å². The molecule has 0 aliphatic rings. The van der Waals surface area contributed by atoms with Crippen molar-refractivity contribution >= 4 is 46.4 Å². The van der Waals surface area contributed by atoms with Crippen molar-refractivity contribution in [2.75, 3.05) is 0 Å². The van der Waals surface area contributed by atoms with Crippen LogP contribution in [0.5, 0.6) is 11.5 Å². The zero-order chi connectivity index (χ0) is 25.5. The molecule has 0 amide bonds. The van der Waals surface area contributed by atoms with Crippen molar-refractivity contribution in [1.29, 1.82) is 0 Å². The Labute approximate surface area is 217 Å². The van der Waals surface area contributed by atoms with E-state index in [9.17, 15) is 0 Å². The van der Waals surface area contributed by atoms with E-state index in [0.717, 1.165) is 11.1 Å². The lowest BCUT2D eigenvalue weighted by Gasteiger charge is -2.31. The molecule has 2 aromatic carbocycles. The van der Waals surface area contributed by atoms with E-state index in [0.29, 0.717) is 31.6 Å². The van der Waals surface area contributed by atoms with E-state index < -0.39 is 16.5 Å². The minimum atomic E-state index is -0.557. The summed E-state index contributed by atoms with van der Waals surface area (Å²) in [6.45, 7) is 15.4. The van der Waals surface area contributed by atoms with Crippen LogP contribution in [0.3, 0.4) is 0 Å². The molecule has 2 aromatic rings. The number of hydrogen-bond donors (Lipinski definition) is 2. The Morgan fingerprint density at radius 2 is 0.848 bits per heavy atom. The molecule has 0 radical (unpaired) electrons. The predicted octanol–water partition coefficient (Wildman–Crippen LogP) is 7.64. The van der Waals surface area contributed by atoms with Crippen molar-refractivity contribution in [3.05, 3.63) is 55.5 Å². The fourth-order valence-electron chi connectivity index (χ4n) is 2.89. The molecule has 2 unspecified atom stereocenters. The van der Waals surface area contributed by atoms with Crippen LogP contribution in [0.2, 0.25) is 20.1 Å². The second kappa shape index (κ2) is 10.0. The Hall–Kier alpha value is -0.880. The quantitative estimate of drug-likeness (QED) is 0.364. The highest BCUT2D eigenvalue weighted by molar-refractivity contribution is 6.38. The molecule has 2 atom stereocenters. The number of nitrogens with two attached hydrogens (primary N) is 2. The number of rotatable bonds is 8. The van der Waals surface area contributed by atoms with Crippen LogP contribution in [0.15, 0.2) is 24.3 Å². The summed E-state index contributed by atoms with van der Waals surface area (Å²) in [4.78, 5) is 0. The number of hydrogen-bond acceptors (Lipinski definition) is 4. The van der Waals surface area contributed by atoms with Gasteiger partial charge in [0.15, 0.2) is 11.5 Å². The van der Waals surface area contributed by atoms with Gasteiger partial charge in [-0.2, -0.15) is 0 Å². The van der Waals surface area contributed by atoms with Gasteiger partial charge in [-0.15, -0.1) is 0 Å². The van der Waals surface area contributed by atoms with Gasteiger partial charge in [-0.05, 0) is 76.9 Å². The number of halogens is 4. The molecule has 0 fully saturated rings. The summed E-state index contributed by atoms with van der Waals surface area (Å²) < 4.78 is 11.9. The van der Waals surface area contributed by atoms with Gasteiger partial charge in [0.1, 0.15) is 12.2 Å². The van der Waals surface area contributed by atoms with Crippen molar-refractivity contribution in [3.8, 4) is 11.5 Å². The minimum Gasteiger partial charge on any atom is -0.486 e. The molecule has 0 aliphatic carbocycles. The lowest BCUT2D eigenvalue weighted by Crippen LogP contribution is -2.46. The molecule has 4 nitrogen and oxygen atoms in total. The summed E-state index contributed by atoms with van der Waals surface area (Å²) in [7, 11) is 0. The van der Waals surface area contributed by atoms with Crippen LogP contribution in [0.1, 0.15) is 66.5 Å². The largest absolute Gasteiger partial charge is 0.486 e. The number of benzene rings is 2. The third kappa shape index (κ3) is 6.62. The van der Waals surface area contributed by atoms with Crippen molar-refractivity contribution in [2.24, 2.45) is 11.5 Å². The van der Waals surface area contributed by atoms with Gasteiger partial charge in [0.05, 0.1) is 20.1 Å². The lowest BCUT2D eigenvalue weighted by atomic mass is 9.78. The Morgan fingerprint density at radius 3 is 1.06 bits per heavy atom. The van der Waals surface area contributed by atoms with Gasteiger partial charge in [-0.25, -0.2) is 0 Å². The molecule has 0 spiro atoms. The van der Waals surface area contributed by atoms with Crippen LogP contribution >= 0.6 is 46.4 Å². The van der Waals surface area contributed by atoms with Crippen LogP contribution < -0.4 is 20.9 Å². The van der Waals surface area contributed by atoms with Crippen LogP contribution in [0.4, 0.5) is 0 Å². The first-order valence-corrected chi connectivity index (χ1v) is 12.3. The van der Waals surface area contributed by atoms with E-state index in [1.807, 2.05) is 79.7 Å². The van der Waals surface area contributed by atoms with Gasteiger partial charge in [0.25, 0.3) is 0 Å². The third-order valence-electron chi connectivity index (χ3n) is 6.12. The van der Waals surface area contributed by atoms with E-state index in [1.54, 1.807) is 0 Å². The zero-order valence-corrected chi connectivity index (χ0v) is 23.5. The first kappa shape index (κ1) is 28.4. The molecule has 0 heterocycles. The molecule has 4 N–H and O–H groups in total. The van der Waals surface area contributed by atoms with Crippen LogP contribution in [0.25, 0.3) is 0 Å². The fourth-order valence-corrected chi connectivity index (χ4v) is 4.04. The first-order chi connectivity index (χ1) is 14.9. The van der Waals surface area contributed by atoms with Gasteiger partial charge in [-0.1, -0.05) is 60.3 Å². The standard InChI is InChI=1S/C25H34Cl4N2O2/c1-13(24(5,6)30)32-21-17(26)9-15(10-18(21)27)23(3,4)16-11-19(28)22(20(29)12-16)33-14(2)25(7,8)31/h9-14H,30-31H2,1-8H3. The van der Waals surface area contributed by atoms with Gasteiger partial charge >= 0.3 is 0 Å². The maximum absolute atomic E-state index is 6.58. The lowest BCUT2D eigenvalue weighted by molar-refractivity contribution is 0.147. The highest BCUT2D eigenvalue weighted by atomic mass is 35.5. The zero-order valence-electron chi connectivity index (χ0n) is 20.4. The van der Waals surface area contributed by atoms with E-state index in [-0.39, 0.29) is 12.2 Å². The summed E-state index contributed by atoms with van der Waals surface area (Å²) in [5.74, 6) is 0.809.